The highest BCUT2D eigenvalue weighted by Crippen LogP contribution is 2.43. The van der Waals surface area contributed by atoms with Crippen molar-refractivity contribution in [2.45, 2.75) is 0 Å². The summed E-state index contributed by atoms with van der Waals surface area (Å²) < 4.78 is 2.28. The van der Waals surface area contributed by atoms with Crippen LogP contribution in [0.25, 0.3) is 93.7 Å². The van der Waals surface area contributed by atoms with Gasteiger partial charge in [0.1, 0.15) is 5.82 Å². The molecule has 0 saturated carbocycles. The van der Waals surface area contributed by atoms with Crippen LogP contribution in [-0.2, 0) is 0 Å². The Kier molecular flexibility index (Phi) is 6.18. The summed E-state index contributed by atoms with van der Waals surface area (Å²) in [7, 11) is 0. The van der Waals surface area contributed by atoms with Crippen LogP contribution in [0.1, 0.15) is 0 Å². The average Bonchev–Trinajstić information content (AvgIpc) is 3.51. The molecule has 0 N–H and O–H groups in total. The molecule has 0 aliphatic heterocycles. The zero-order chi connectivity index (χ0) is 32.3. The number of fused-ring (bicyclic) bond motifs is 7. The molecule has 0 fully saturated rings. The molecule has 10 aromatic rings. The van der Waals surface area contributed by atoms with Gasteiger partial charge in [-0.25, -0.2) is 9.97 Å². The second kappa shape index (κ2) is 11.0. The molecule has 3 heteroatoms. The molecule has 2 aromatic heterocycles. The fraction of sp³-hybridized carbons (Fsp3) is 0. The molecule has 3 nitrogen and oxygen atoms in total. The number of rotatable bonds is 4. The van der Waals surface area contributed by atoms with Crippen LogP contribution in [0, 0.1) is 0 Å². The Morgan fingerprint density at radius 3 is 1.71 bits per heavy atom. The lowest BCUT2D eigenvalue weighted by atomic mass is 9.87. The Hall–Kier alpha value is -6.58. The van der Waals surface area contributed by atoms with Crippen LogP contribution >= 0.6 is 0 Å². The lowest BCUT2D eigenvalue weighted by Crippen LogP contribution is -2.03. The van der Waals surface area contributed by atoms with Crippen LogP contribution in [-0.4, -0.2) is 14.5 Å². The minimum atomic E-state index is 0.693. The summed E-state index contributed by atoms with van der Waals surface area (Å²) in [6.07, 6.45) is 0. The highest BCUT2D eigenvalue weighted by Gasteiger charge is 2.20. The molecule has 0 radical (unpaired) electrons. The predicted molar refractivity (Wildman–Crippen MR) is 205 cm³/mol. The summed E-state index contributed by atoms with van der Waals surface area (Å²) >= 11 is 0. The third kappa shape index (κ3) is 4.37. The van der Waals surface area contributed by atoms with Crippen molar-refractivity contribution in [3.63, 3.8) is 0 Å². The molecular formula is C46H29N3. The fourth-order valence-electron chi connectivity index (χ4n) is 7.61. The molecule has 0 bridgehead atoms. The van der Waals surface area contributed by atoms with Gasteiger partial charge < -0.3 is 0 Å². The minimum Gasteiger partial charge on any atom is -0.294 e. The molecule has 228 valence electrons. The second-order valence-corrected chi connectivity index (χ2v) is 12.6. The van der Waals surface area contributed by atoms with Crippen molar-refractivity contribution < 1.29 is 0 Å². The van der Waals surface area contributed by atoms with E-state index in [-0.39, 0.29) is 0 Å². The standard InChI is InChI=1S/C46H29N3/c1-2-15-31(16-3-1)46-47-41(29-44(48-46)49-42-24-12-10-21-36(42)37-22-11-13-25-43(37)49)35-20-8-9-23-38(35)45-34-19-7-5-17-32(34)28-40-33-18-6-4-14-30(33)26-27-39(40)45/h1-29H. The van der Waals surface area contributed by atoms with Crippen molar-refractivity contribution in [1.29, 1.82) is 0 Å². The SMILES string of the molecule is c1ccc(-c2nc(-c3ccccc3-c3c4ccccc4cc4c3ccc3ccccc34)cc(-n3c4ccccc4c4ccccc43)n2)cc1. The fourth-order valence-corrected chi connectivity index (χ4v) is 7.61. The van der Waals surface area contributed by atoms with Crippen molar-refractivity contribution in [2.24, 2.45) is 0 Å². The first-order chi connectivity index (χ1) is 24.3. The lowest BCUT2D eigenvalue weighted by Gasteiger charge is -2.18. The third-order valence-electron chi connectivity index (χ3n) is 9.80. The van der Waals surface area contributed by atoms with Crippen LogP contribution in [0.4, 0.5) is 0 Å². The summed E-state index contributed by atoms with van der Waals surface area (Å²) in [5.41, 5.74) is 7.52. The normalized spacial score (nSPS) is 11.7. The zero-order valence-electron chi connectivity index (χ0n) is 26.6. The Bertz CT molecular complexity index is 2830. The van der Waals surface area contributed by atoms with Crippen LogP contribution < -0.4 is 0 Å². The monoisotopic (exact) mass is 623 g/mol. The maximum atomic E-state index is 5.32. The highest BCUT2D eigenvalue weighted by molar-refractivity contribution is 6.21. The van der Waals surface area contributed by atoms with E-state index in [4.69, 9.17) is 9.97 Å². The third-order valence-corrected chi connectivity index (χ3v) is 9.80. The van der Waals surface area contributed by atoms with E-state index in [9.17, 15) is 0 Å². The summed E-state index contributed by atoms with van der Waals surface area (Å²) in [5, 5.41) is 9.82. The molecule has 10 rings (SSSR count). The van der Waals surface area contributed by atoms with Gasteiger partial charge in [0.2, 0.25) is 0 Å². The van der Waals surface area contributed by atoms with E-state index < -0.39 is 0 Å². The summed E-state index contributed by atoms with van der Waals surface area (Å²) in [5.74, 6) is 1.53. The van der Waals surface area contributed by atoms with Gasteiger partial charge in [-0.3, -0.25) is 4.57 Å². The van der Waals surface area contributed by atoms with Crippen LogP contribution in [0.3, 0.4) is 0 Å². The van der Waals surface area contributed by atoms with Gasteiger partial charge in [-0.1, -0.05) is 152 Å². The van der Waals surface area contributed by atoms with Crippen LogP contribution in [0.15, 0.2) is 176 Å². The quantitative estimate of drug-likeness (QED) is 0.144. The smallest absolute Gasteiger partial charge is 0.162 e. The van der Waals surface area contributed by atoms with E-state index in [0.29, 0.717) is 5.82 Å². The highest BCUT2D eigenvalue weighted by atomic mass is 15.1. The van der Waals surface area contributed by atoms with Gasteiger partial charge in [0.05, 0.1) is 16.7 Å². The van der Waals surface area contributed by atoms with Gasteiger partial charge >= 0.3 is 0 Å². The van der Waals surface area contributed by atoms with E-state index >= 15 is 0 Å². The summed E-state index contributed by atoms with van der Waals surface area (Å²) in [6.45, 7) is 0. The zero-order valence-corrected chi connectivity index (χ0v) is 26.6. The van der Waals surface area contributed by atoms with E-state index in [2.05, 4.69) is 162 Å². The number of nitrogens with zero attached hydrogens (tertiary/aromatic N) is 3. The second-order valence-electron chi connectivity index (χ2n) is 12.6. The first kappa shape index (κ1) is 27.5. The number of benzene rings is 8. The Morgan fingerprint density at radius 1 is 0.367 bits per heavy atom. The molecular weight excluding hydrogens is 595 g/mol. The molecule has 0 atom stereocenters. The van der Waals surface area contributed by atoms with Gasteiger partial charge in [-0.15, -0.1) is 0 Å². The average molecular weight is 624 g/mol. The first-order valence-electron chi connectivity index (χ1n) is 16.7. The topological polar surface area (TPSA) is 30.7 Å². The Labute approximate surface area is 283 Å². The van der Waals surface area contributed by atoms with Gasteiger partial charge in [0.25, 0.3) is 0 Å². The van der Waals surface area contributed by atoms with E-state index in [1.807, 2.05) is 18.2 Å². The first-order valence-corrected chi connectivity index (χ1v) is 16.7. The number of hydrogen-bond acceptors (Lipinski definition) is 2. The van der Waals surface area contributed by atoms with E-state index in [1.54, 1.807) is 0 Å². The van der Waals surface area contributed by atoms with Crippen molar-refractivity contribution >= 4 is 54.1 Å². The summed E-state index contributed by atoms with van der Waals surface area (Å²) in [6, 6.07) is 62.6. The van der Waals surface area contributed by atoms with Crippen LogP contribution in [0.2, 0.25) is 0 Å². The predicted octanol–water partition coefficient (Wildman–Crippen LogP) is 12.0. The molecule has 0 spiro atoms. The van der Waals surface area contributed by atoms with Crippen molar-refractivity contribution in [3.8, 4) is 39.6 Å². The Morgan fingerprint density at radius 2 is 0.959 bits per heavy atom. The molecule has 0 unspecified atom stereocenters. The molecule has 8 aromatic carbocycles. The van der Waals surface area contributed by atoms with E-state index in [1.165, 1.54) is 48.7 Å². The Balaban J connectivity index is 1.30. The largest absolute Gasteiger partial charge is 0.294 e. The number of hydrogen-bond donors (Lipinski definition) is 0. The molecule has 0 aliphatic carbocycles. The van der Waals surface area contributed by atoms with Gasteiger partial charge in [0.15, 0.2) is 5.82 Å². The molecule has 49 heavy (non-hydrogen) atoms. The van der Waals surface area contributed by atoms with Crippen LogP contribution in [0.5, 0.6) is 0 Å². The maximum Gasteiger partial charge on any atom is 0.162 e. The summed E-state index contributed by atoms with van der Waals surface area (Å²) in [4.78, 5) is 10.6. The van der Waals surface area contributed by atoms with Crippen molar-refractivity contribution in [3.05, 3.63) is 176 Å². The van der Waals surface area contributed by atoms with E-state index in [0.717, 1.165) is 39.2 Å². The minimum absolute atomic E-state index is 0.693. The van der Waals surface area contributed by atoms with Gasteiger partial charge in [0, 0.05) is 28.0 Å². The number of aromatic nitrogens is 3. The molecule has 0 amide bonds. The maximum absolute atomic E-state index is 5.32. The molecule has 0 aliphatic rings. The lowest BCUT2D eigenvalue weighted by molar-refractivity contribution is 1.05. The molecule has 2 heterocycles. The van der Waals surface area contributed by atoms with Crippen molar-refractivity contribution in [2.75, 3.05) is 0 Å². The van der Waals surface area contributed by atoms with Gasteiger partial charge in [-0.05, 0) is 61.6 Å². The van der Waals surface area contributed by atoms with Gasteiger partial charge in [-0.2, -0.15) is 0 Å². The van der Waals surface area contributed by atoms with Crippen molar-refractivity contribution in [1.82, 2.24) is 14.5 Å². The number of para-hydroxylation sites is 2. The molecule has 0 saturated heterocycles.